The molecule has 1 fully saturated rings. The highest BCUT2D eigenvalue weighted by Crippen LogP contribution is 2.22. The number of hydrogen-bond acceptors (Lipinski definition) is 2. The predicted octanol–water partition coefficient (Wildman–Crippen LogP) is 4.30. The van der Waals surface area contributed by atoms with E-state index >= 15 is 0 Å². The van der Waals surface area contributed by atoms with Gasteiger partial charge in [-0.05, 0) is 51.7 Å². The summed E-state index contributed by atoms with van der Waals surface area (Å²) in [5.74, 6) is 0.290. The topological polar surface area (TPSA) is 42.3 Å². The molecule has 1 saturated heterocycles. The van der Waals surface area contributed by atoms with Gasteiger partial charge < -0.3 is 9.47 Å². The molecule has 1 aliphatic heterocycles. The van der Waals surface area contributed by atoms with Crippen LogP contribution in [0, 0.1) is 5.92 Å². The van der Waals surface area contributed by atoms with Crippen LogP contribution in [0.4, 0.5) is 0 Å². The van der Waals surface area contributed by atoms with Gasteiger partial charge in [0.05, 0.1) is 5.56 Å². The van der Waals surface area contributed by atoms with E-state index in [2.05, 4.69) is 37.5 Å². The molecule has 1 aromatic carbocycles. The maximum absolute atomic E-state index is 12.9. The first-order valence-electron chi connectivity index (χ1n) is 9.89. The van der Waals surface area contributed by atoms with Crippen molar-refractivity contribution in [3.8, 4) is 0 Å². The van der Waals surface area contributed by atoms with Crippen molar-refractivity contribution >= 4 is 11.7 Å². The fraction of sp³-hybridized carbons (Fsp3) is 0.478. The molecule has 1 aromatic heterocycles. The van der Waals surface area contributed by atoms with Crippen LogP contribution in [0.3, 0.4) is 0 Å². The van der Waals surface area contributed by atoms with Crippen molar-refractivity contribution < 1.29 is 9.59 Å². The fourth-order valence-corrected chi connectivity index (χ4v) is 3.66. The number of likely N-dealkylation sites (tertiary alicyclic amines) is 1. The number of hydrogen-bond donors (Lipinski definition) is 0. The number of aromatic nitrogens is 1. The molecule has 144 valence electrons. The molecule has 3 rings (SSSR count). The van der Waals surface area contributed by atoms with Gasteiger partial charge in [0, 0.05) is 43.4 Å². The second kappa shape index (κ2) is 8.12. The third kappa shape index (κ3) is 4.88. The summed E-state index contributed by atoms with van der Waals surface area (Å²) in [5, 5.41) is 0. The van der Waals surface area contributed by atoms with Gasteiger partial charge >= 0.3 is 0 Å². The molecule has 1 amide bonds. The standard InChI is InChI=1S/C23H30N2O2/c1-23(2,3)25-15-13-20(17-25)22(27)24-14-7-10-19(16-24)21(26)12-11-18-8-5-4-6-9-18/h4-6,8-9,13,15,17,19H,7,10-12,14,16H2,1-3H3. The Labute approximate surface area is 162 Å². The molecule has 0 aliphatic carbocycles. The van der Waals surface area contributed by atoms with E-state index in [9.17, 15) is 9.59 Å². The molecule has 0 bridgehead atoms. The third-order valence-electron chi connectivity index (χ3n) is 5.38. The van der Waals surface area contributed by atoms with Crippen molar-refractivity contribution in [2.45, 2.75) is 52.0 Å². The lowest BCUT2D eigenvalue weighted by Gasteiger charge is -2.32. The first-order valence-corrected chi connectivity index (χ1v) is 9.89. The highest BCUT2D eigenvalue weighted by Gasteiger charge is 2.29. The summed E-state index contributed by atoms with van der Waals surface area (Å²) in [7, 11) is 0. The van der Waals surface area contributed by atoms with Crippen LogP contribution in [-0.2, 0) is 16.8 Å². The quantitative estimate of drug-likeness (QED) is 0.792. The van der Waals surface area contributed by atoms with Gasteiger partial charge in [0.15, 0.2) is 0 Å². The van der Waals surface area contributed by atoms with Crippen molar-refractivity contribution in [2.24, 2.45) is 5.92 Å². The lowest BCUT2D eigenvalue weighted by Crippen LogP contribution is -2.42. The Bertz CT molecular complexity index is 786. The van der Waals surface area contributed by atoms with E-state index in [1.54, 1.807) is 0 Å². The Morgan fingerprint density at radius 3 is 2.52 bits per heavy atom. The summed E-state index contributed by atoms with van der Waals surface area (Å²) >= 11 is 0. The van der Waals surface area contributed by atoms with Crippen LogP contribution in [-0.4, -0.2) is 34.2 Å². The number of benzene rings is 1. The van der Waals surface area contributed by atoms with E-state index in [1.165, 1.54) is 5.56 Å². The lowest BCUT2D eigenvalue weighted by atomic mass is 9.90. The highest BCUT2D eigenvalue weighted by atomic mass is 16.2. The van der Waals surface area contributed by atoms with Gasteiger partial charge in [0.1, 0.15) is 5.78 Å². The molecule has 0 radical (unpaired) electrons. The second-order valence-corrected chi connectivity index (χ2v) is 8.52. The second-order valence-electron chi connectivity index (χ2n) is 8.52. The molecule has 1 aliphatic rings. The van der Waals surface area contributed by atoms with E-state index in [0.29, 0.717) is 18.5 Å². The van der Waals surface area contributed by atoms with E-state index < -0.39 is 0 Å². The molecule has 0 spiro atoms. The Morgan fingerprint density at radius 1 is 1.11 bits per heavy atom. The van der Waals surface area contributed by atoms with E-state index in [4.69, 9.17) is 0 Å². The molecule has 1 atom stereocenters. The summed E-state index contributed by atoms with van der Waals surface area (Å²) in [4.78, 5) is 27.4. The van der Waals surface area contributed by atoms with Crippen molar-refractivity contribution in [1.82, 2.24) is 9.47 Å². The molecule has 4 heteroatoms. The van der Waals surface area contributed by atoms with Crippen LogP contribution in [0.5, 0.6) is 0 Å². The average molecular weight is 367 g/mol. The van der Waals surface area contributed by atoms with Crippen molar-refractivity contribution in [1.29, 1.82) is 0 Å². The average Bonchev–Trinajstić information content (AvgIpc) is 3.17. The minimum Gasteiger partial charge on any atom is -0.348 e. The number of carbonyl (C=O) groups excluding carboxylic acids is 2. The zero-order chi connectivity index (χ0) is 19.4. The number of amides is 1. The van der Waals surface area contributed by atoms with Crippen LogP contribution < -0.4 is 0 Å². The number of ketones is 1. The SMILES string of the molecule is CC(C)(C)n1ccc(C(=O)N2CCCC(C(=O)CCc3ccccc3)C2)c1. The Hall–Kier alpha value is -2.36. The van der Waals surface area contributed by atoms with E-state index in [1.807, 2.05) is 41.6 Å². The molecule has 4 nitrogen and oxygen atoms in total. The van der Waals surface area contributed by atoms with E-state index in [0.717, 1.165) is 25.8 Å². The first kappa shape index (κ1) is 19.4. The van der Waals surface area contributed by atoms with Crippen molar-refractivity contribution in [3.05, 3.63) is 59.9 Å². The minimum atomic E-state index is -0.0453. The molecule has 0 saturated carbocycles. The molecule has 2 heterocycles. The monoisotopic (exact) mass is 366 g/mol. The van der Waals surface area contributed by atoms with Gasteiger partial charge in [0.2, 0.25) is 0 Å². The van der Waals surface area contributed by atoms with Crippen LogP contribution >= 0.6 is 0 Å². The van der Waals surface area contributed by atoms with Gasteiger partial charge in [-0.2, -0.15) is 0 Å². The summed E-state index contributed by atoms with van der Waals surface area (Å²) in [6.07, 6.45) is 6.99. The third-order valence-corrected chi connectivity index (χ3v) is 5.38. The normalized spacial score (nSPS) is 17.7. The van der Waals surface area contributed by atoms with Crippen molar-refractivity contribution in [3.63, 3.8) is 0 Å². The molecular weight excluding hydrogens is 336 g/mol. The molecule has 2 aromatic rings. The van der Waals surface area contributed by atoms with Gasteiger partial charge in [-0.3, -0.25) is 9.59 Å². The zero-order valence-corrected chi connectivity index (χ0v) is 16.6. The highest BCUT2D eigenvalue weighted by molar-refractivity contribution is 5.94. The maximum atomic E-state index is 12.9. The van der Waals surface area contributed by atoms with Crippen LogP contribution in [0.2, 0.25) is 0 Å². The van der Waals surface area contributed by atoms with Gasteiger partial charge in [-0.1, -0.05) is 30.3 Å². The minimum absolute atomic E-state index is 0.0314. The summed E-state index contributed by atoms with van der Waals surface area (Å²) in [6, 6.07) is 12.0. The Balaban J connectivity index is 1.59. The smallest absolute Gasteiger partial charge is 0.255 e. The molecule has 1 unspecified atom stereocenters. The van der Waals surface area contributed by atoms with Crippen LogP contribution in [0.25, 0.3) is 0 Å². The number of piperidine rings is 1. The summed E-state index contributed by atoms with van der Waals surface area (Å²) in [6.45, 7) is 7.63. The van der Waals surface area contributed by atoms with Crippen LogP contribution in [0.1, 0.15) is 56.0 Å². The van der Waals surface area contributed by atoms with Crippen LogP contribution in [0.15, 0.2) is 48.8 Å². The Kier molecular flexibility index (Phi) is 5.83. The summed E-state index contributed by atoms with van der Waals surface area (Å²) in [5.41, 5.74) is 1.86. The molecule has 0 N–H and O–H groups in total. The van der Waals surface area contributed by atoms with Gasteiger partial charge in [0.25, 0.3) is 5.91 Å². The largest absolute Gasteiger partial charge is 0.348 e. The number of Topliss-reactive ketones (excluding diaryl/α,β-unsaturated/α-hetero) is 1. The Morgan fingerprint density at radius 2 is 1.85 bits per heavy atom. The number of carbonyl (C=O) groups is 2. The number of nitrogens with zero attached hydrogens (tertiary/aromatic N) is 2. The maximum Gasteiger partial charge on any atom is 0.255 e. The number of rotatable bonds is 5. The van der Waals surface area contributed by atoms with Gasteiger partial charge in [-0.15, -0.1) is 0 Å². The first-order chi connectivity index (χ1) is 12.8. The molecular formula is C23H30N2O2. The zero-order valence-electron chi connectivity index (χ0n) is 16.6. The molecule has 27 heavy (non-hydrogen) atoms. The van der Waals surface area contributed by atoms with Crippen molar-refractivity contribution in [2.75, 3.05) is 13.1 Å². The summed E-state index contributed by atoms with van der Waals surface area (Å²) < 4.78 is 2.06. The lowest BCUT2D eigenvalue weighted by molar-refractivity contribution is -0.124. The van der Waals surface area contributed by atoms with Gasteiger partial charge in [-0.25, -0.2) is 0 Å². The number of aryl methyl sites for hydroxylation is 1. The fourth-order valence-electron chi connectivity index (χ4n) is 3.66. The predicted molar refractivity (Wildman–Crippen MR) is 108 cm³/mol. The van der Waals surface area contributed by atoms with E-state index in [-0.39, 0.29) is 23.1 Å².